The van der Waals surface area contributed by atoms with E-state index >= 15 is 0 Å². The van der Waals surface area contributed by atoms with E-state index < -0.39 is 14.3 Å². The number of carbonyl (C=O) groups is 1. The molecular formula is C18H24ClN3O4Si. The van der Waals surface area contributed by atoms with Gasteiger partial charge in [-0.3, -0.25) is 4.98 Å². The first-order valence-corrected chi connectivity index (χ1v) is 11.7. The number of allylic oxidation sites excluding steroid dienone is 1. The van der Waals surface area contributed by atoms with Gasteiger partial charge in [-0.25, -0.2) is 4.79 Å². The Morgan fingerprint density at radius 3 is 2.59 bits per heavy atom. The van der Waals surface area contributed by atoms with Crippen LogP contribution in [0.5, 0.6) is 0 Å². The van der Waals surface area contributed by atoms with Crippen molar-refractivity contribution in [1.82, 2.24) is 15.2 Å². The van der Waals surface area contributed by atoms with Gasteiger partial charge >= 0.3 is 5.97 Å². The van der Waals surface area contributed by atoms with Crippen LogP contribution in [0.3, 0.4) is 0 Å². The van der Waals surface area contributed by atoms with Crippen molar-refractivity contribution in [2.24, 2.45) is 0 Å². The fourth-order valence-electron chi connectivity index (χ4n) is 1.99. The van der Waals surface area contributed by atoms with Gasteiger partial charge in [0.05, 0.1) is 16.3 Å². The highest BCUT2D eigenvalue weighted by Gasteiger charge is 2.37. The summed E-state index contributed by atoms with van der Waals surface area (Å²) in [5.41, 5.74) is 1.40. The third-order valence-electron chi connectivity index (χ3n) is 4.63. The molecule has 0 unspecified atom stereocenters. The Kier molecular flexibility index (Phi) is 6.23. The summed E-state index contributed by atoms with van der Waals surface area (Å²) in [6.45, 7) is 12.7. The van der Waals surface area contributed by atoms with Crippen LogP contribution in [0.25, 0.3) is 17.0 Å². The van der Waals surface area contributed by atoms with Gasteiger partial charge in [0.2, 0.25) is 11.8 Å². The molecule has 2 heterocycles. The molecule has 146 valence electrons. The van der Waals surface area contributed by atoms with Crippen molar-refractivity contribution in [3.63, 3.8) is 0 Å². The number of hydrogen-bond donors (Lipinski definition) is 1. The van der Waals surface area contributed by atoms with E-state index in [1.807, 2.05) is 0 Å². The zero-order chi connectivity index (χ0) is 20.4. The van der Waals surface area contributed by atoms with Gasteiger partial charge in [-0.2, -0.15) is 0 Å². The first-order chi connectivity index (χ1) is 12.4. The summed E-state index contributed by atoms with van der Waals surface area (Å²) in [5.74, 6) is -0.389. The monoisotopic (exact) mass is 409 g/mol. The molecule has 0 atom stereocenters. The standard InChI is InChI=1S/C18H24ClN3O4Si/c1-11(7-15(23)24)16-13(19)8-12(9-20-16)17-22-21-14(26-17)10-25-27(5,6)18(2,3)4/h7-9H,10H2,1-6H3,(H,23,24). The molecule has 0 aliphatic rings. The molecule has 0 aliphatic carbocycles. The van der Waals surface area contributed by atoms with E-state index in [0.29, 0.717) is 27.7 Å². The van der Waals surface area contributed by atoms with Gasteiger partial charge < -0.3 is 13.9 Å². The molecular weight excluding hydrogens is 386 g/mol. The lowest BCUT2D eigenvalue weighted by molar-refractivity contribution is -0.131. The normalized spacial score (nSPS) is 13.1. The van der Waals surface area contributed by atoms with Crippen molar-refractivity contribution in [3.05, 3.63) is 34.9 Å². The second-order valence-corrected chi connectivity index (χ2v) is 13.0. The number of carboxylic acid groups (broad SMARTS) is 1. The van der Waals surface area contributed by atoms with E-state index in [4.69, 9.17) is 25.6 Å². The van der Waals surface area contributed by atoms with Gasteiger partial charge in [-0.1, -0.05) is 32.4 Å². The third-order valence-corrected chi connectivity index (χ3v) is 9.40. The molecule has 2 aromatic rings. The summed E-state index contributed by atoms with van der Waals surface area (Å²) in [6, 6.07) is 1.62. The Morgan fingerprint density at radius 1 is 1.37 bits per heavy atom. The van der Waals surface area contributed by atoms with Crippen LogP contribution in [0.15, 0.2) is 22.8 Å². The summed E-state index contributed by atoms with van der Waals surface area (Å²) < 4.78 is 11.7. The lowest BCUT2D eigenvalue weighted by Crippen LogP contribution is -2.40. The molecule has 0 aliphatic heterocycles. The number of carboxylic acids is 1. The highest BCUT2D eigenvalue weighted by molar-refractivity contribution is 6.74. The van der Waals surface area contributed by atoms with Gasteiger partial charge in [-0.15, -0.1) is 10.2 Å². The second kappa shape index (κ2) is 7.91. The Hall–Kier alpha value is -2.03. The average Bonchev–Trinajstić information content (AvgIpc) is 3.00. The van der Waals surface area contributed by atoms with Gasteiger partial charge in [0.15, 0.2) is 8.32 Å². The maximum Gasteiger partial charge on any atom is 0.328 e. The first kappa shape index (κ1) is 21.3. The van der Waals surface area contributed by atoms with Gasteiger partial charge in [-0.05, 0) is 36.7 Å². The fourth-order valence-corrected chi connectivity index (χ4v) is 3.22. The van der Waals surface area contributed by atoms with Crippen molar-refractivity contribution >= 4 is 31.5 Å². The van der Waals surface area contributed by atoms with Crippen LogP contribution in [0.1, 0.15) is 39.3 Å². The minimum atomic E-state index is -1.92. The lowest BCUT2D eigenvalue weighted by Gasteiger charge is -2.35. The summed E-state index contributed by atoms with van der Waals surface area (Å²) in [5, 5.41) is 17.3. The number of pyridine rings is 1. The van der Waals surface area contributed by atoms with Crippen LogP contribution in [0.4, 0.5) is 0 Å². The molecule has 7 nitrogen and oxygen atoms in total. The molecule has 2 aromatic heterocycles. The van der Waals surface area contributed by atoms with Crippen molar-refractivity contribution in [1.29, 1.82) is 0 Å². The first-order valence-electron chi connectivity index (χ1n) is 8.44. The van der Waals surface area contributed by atoms with Crippen molar-refractivity contribution in [2.45, 2.75) is 52.4 Å². The van der Waals surface area contributed by atoms with E-state index in [1.54, 1.807) is 13.0 Å². The van der Waals surface area contributed by atoms with Gasteiger partial charge in [0, 0.05) is 12.3 Å². The molecule has 9 heteroatoms. The Bertz CT molecular complexity index is 872. The molecule has 0 amide bonds. The molecule has 0 bridgehead atoms. The third kappa shape index (κ3) is 5.24. The topological polar surface area (TPSA) is 98.3 Å². The molecule has 0 aromatic carbocycles. The van der Waals surface area contributed by atoms with Crippen LogP contribution in [-0.4, -0.2) is 34.6 Å². The van der Waals surface area contributed by atoms with Crippen molar-refractivity contribution in [3.8, 4) is 11.5 Å². The van der Waals surface area contributed by atoms with E-state index in [0.717, 1.165) is 6.08 Å². The van der Waals surface area contributed by atoms with Crippen LogP contribution in [0, 0.1) is 0 Å². The number of nitrogens with zero attached hydrogens (tertiary/aromatic N) is 3. The summed E-state index contributed by atoms with van der Waals surface area (Å²) >= 11 is 6.23. The molecule has 0 spiro atoms. The minimum absolute atomic E-state index is 0.0878. The Balaban J connectivity index is 2.17. The average molecular weight is 410 g/mol. The Morgan fingerprint density at radius 2 is 2.04 bits per heavy atom. The maximum absolute atomic E-state index is 10.8. The summed E-state index contributed by atoms with van der Waals surface area (Å²) in [4.78, 5) is 15.0. The SMILES string of the molecule is CC(=CC(=O)O)c1ncc(-c2nnc(CO[Si](C)(C)C(C)(C)C)o2)cc1Cl. The smallest absolute Gasteiger partial charge is 0.328 e. The highest BCUT2D eigenvalue weighted by Crippen LogP contribution is 2.37. The molecule has 0 radical (unpaired) electrons. The van der Waals surface area contributed by atoms with Crippen molar-refractivity contribution < 1.29 is 18.7 Å². The summed E-state index contributed by atoms with van der Waals surface area (Å²) in [6.07, 6.45) is 2.57. The fraction of sp³-hybridized carbons (Fsp3) is 0.444. The quantitative estimate of drug-likeness (QED) is 0.540. The maximum atomic E-state index is 10.8. The van der Waals surface area contributed by atoms with Crippen LogP contribution < -0.4 is 0 Å². The number of hydrogen-bond acceptors (Lipinski definition) is 6. The Labute approximate surface area is 164 Å². The minimum Gasteiger partial charge on any atom is -0.478 e. The summed E-state index contributed by atoms with van der Waals surface area (Å²) in [7, 11) is -1.92. The van der Waals surface area contributed by atoms with Crippen LogP contribution >= 0.6 is 11.6 Å². The zero-order valence-electron chi connectivity index (χ0n) is 16.3. The largest absolute Gasteiger partial charge is 0.478 e. The van der Waals surface area contributed by atoms with Crippen LogP contribution in [-0.2, 0) is 15.8 Å². The van der Waals surface area contributed by atoms with Crippen molar-refractivity contribution in [2.75, 3.05) is 0 Å². The van der Waals surface area contributed by atoms with Gasteiger partial charge in [0.25, 0.3) is 0 Å². The predicted octanol–water partition coefficient (Wildman–Crippen LogP) is 4.79. The molecule has 2 rings (SSSR count). The number of aromatic nitrogens is 3. The lowest BCUT2D eigenvalue weighted by atomic mass is 10.1. The van der Waals surface area contributed by atoms with Crippen LogP contribution in [0.2, 0.25) is 23.2 Å². The van der Waals surface area contributed by atoms with E-state index in [2.05, 4.69) is 49.0 Å². The number of halogens is 1. The zero-order valence-corrected chi connectivity index (χ0v) is 18.1. The van der Waals surface area contributed by atoms with Gasteiger partial charge in [0.1, 0.15) is 6.61 Å². The number of rotatable bonds is 6. The molecule has 0 fully saturated rings. The molecule has 0 saturated carbocycles. The second-order valence-electron chi connectivity index (χ2n) is 7.77. The molecule has 0 saturated heterocycles. The van der Waals surface area contributed by atoms with E-state index in [1.165, 1.54) is 6.20 Å². The van der Waals surface area contributed by atoms with E-state index in [-0.39, 0.29) is 17.5 Å². The predicted molar refractivity (Wildman–Crippen MR) is 106 cm³/mol. The van der Waals surface area contributed by atoms with E-state index in [9.17, 15) is 4.79 Å². The molecule has 27 heavy (non-hydrogen) atoms. The molecule has 1 N–H and O–H groups in total. The number of aliphatic carboxylic acids is 1. The highest BCUT2D eigenvalue weighted by atomic mass is 35.5.